The average Bonchev–Trinajstić information content (AvgIpc) is 3.15. The van der Waals surface area contributed by atoms with Crippen molar-refractivity contribution in [3.63, 3.8) is 0 Å². The van der Waals surface area contributed by atoms with E-state index in [1.165, 1.54) is 23.0 Å². The molecule has 15 heteroatoms. The van der Waals surface area contributed by atoms with Gasteiger partial charge in [-0.3, -0.25) is 34.0 Å². The molecule has 0 fully saturated rings. The van der Waals surface area contributed by atoms with Gasteiger partial charge in [0.25, 0.3) is 0 Å². The maximum Gasteiger partial charge on any atom is 0.317 e. The van der Waals surface area contributed by atoms with Gasteiger partial charge in [-0.1, -0.05) is 5.21 Å². The lowest BCUT2D eigenvalue weighted by Gasteiger charge is -2.20. The molecule has 0 amide bonds. The van der Waals surface area contributed by atoms with Gasteiger partial charge in [0.05, 0.1) is 56.1 Å². The first kappa shape index (κ1) is 25.3. The van der Waals surface area contributed by atoms with Crippen molar-refractivity contribution in [1.29, 1.82) is 0 Å². The Morgan fingerprint density at radius 1 is 0.758 bits per heavy atom. The fourth-order valence-corrected chi connectivity index (χ4v) is 2.98. The van der Waals surface area contributed by atoms with Gasteiger partial charge in [0.15, 0.2) is 0 Å². The molecular weight excluding hydrogens is 444 g/mol. The second-order valence-corrected chi connectivity index (χ2v) is 6.99. The lowest BCUT2D eigenvalue weighted by Crippen LogP contribution is -2.35. The van der Waals surface area contributed by atoms with Crippen molar-refractivity contribution in [2.24, 2.45) is 0 Å². The molecule has 0 spiro atoms. The number of carbonyl (C=O) groups is 4. The summed E-state index contributed by atoms with van der Waals surface area (Å²) in [5, 5.41) is 53.1. The highest BCUT2D eigenvalue weighted by Gasteiger charge is 2.19. The number of aliphatic carboxylic acids is 4. The third-order valence-electron chi connectivity index (χ3n) is 4.09. The van der Waals surface area contributed by atoms with Crippen LogP contribution < -0.4 is 0 Å². The second-order valence-electron chi connectivity index (χ2n) is 6.99. The zero-order chi connectivity index (χ0) is 24.5. The van der Waals surface area contributed by atoms with Gasteiger partial charge in [-0.05, 0) is 12.1 Å². The topological polar surface area (TPSA) is 220 Å². The van der Waals surface area contributed by atoms with Crippen LogP contribution in [-0.4, -0.2) is 105 Å². The molecule has 0 atom stereocenters. The molecule has 0 saturated heterocycles. The highest BCUT2D eigenvalue weighted by atomic mass is 16.4. The van der Waals surface area contributed by atoms with Crippen molar-refractivity contribution in [3.05, 3.63) is 35.4 Å². The number of aliphatic hydroxyl groups excluding tert-OH is 1. The first-order chi connectivity index (χ1) is 15.5. The van der Waals surface area contributed by atoms with Gasteiger partial charge in [-0.25, -0.2) is 4.68 Å². The number of carboxylic acid groups (broad SMARTS) is 4. The van der Waals surface area contributed by atoms with E-state index < -0.39 is 50.1 Å². The second kappa shape index (κ2) is 11.6. The van der Waals surface area contributed by atoms with Crippen molar-refractivity contribution in [2.45, 2.75) is 19.7 Å². The molecule has 33 heavy (non-hydrogen) atoms. The first-order valence-electron chi connectivity index (χ1n) is 9.40. The molecule has 0 aliphatic heterocycles. The van der Waals surface area contributed by atoms with Crippen LogP contribution in [0.15, 0.2) is 18.3 Å². The summed E-state index contributed by atoms with van der Waals surface area (Å²) in [5.74, 6) is -4.98. The highest BCUT2D eigenvalue weighted by Crippen LogP contribution is 2.15. The molecule has 0 aromatic carbocycles. The van der Waals surface area contributed by atoms with Crippen LogP contribution in [-0.2, 0) is 38.9 Å². The van der Waals surface area contributed by atoms with E-state index in [9.17, 15) is 24.3 Å². The maximum atomic E-state index is 11.1. The van der Waals surface area contributed by atoms with Crippen molar-refractivity contribution in [3.8, 4) is 5.69 Å². The monoisotopic (exact) mass is 466 g/mol. The van der Waals surface area contributed by atoms with E-state index in [2.05, 4.69) is 15.3 Å². The quantitative estimate of drug-likeness (QED) is 0.205. The minimum Gasteiger partial charge on any atom is -0.480 e. The summed E-state index contributed by atoms with van der Waals surface area (Å²) in [4.78, 5) is 51.0. The zero-order valence-electron chi connectivity index (χ0n) is 17.2. The maximum absolute atomic E-state index is 11.1. The number of pyridine rings is 1. The standard InChI is InChI=1S/C18H22N6O9/c25-10-13-5-24(21-20-13)14-1-11(3-22(6-15(26)27)7-16(28)29)19-12(2-14)4-23(8-17(30)31)9-18(32)33/h1-2,5,25H,3-4,6-10H2,(H,26,27)(H,28,29)(H,30,31)(H,32,33). The van der Waals surface area contributed by atoms with Gasteiger partial charge in [-0.2, -0.15) is 0 Å². The van der Waals surface area contributed by atoms with E-state index in [4.69, 9.17) is 20.4 Å². The summed E-state index contributed by atoms with van der Waals surface area (Å²) in [7, 11) is 0. The van der Waals surface area contributed by atoms with Gasteiger partial charge >= 0.3 is 23.9 Å². The van der Waals surface area contributed by atoms with E-state index in [0.717, 1.165) is 9.80 Å². The number of aliphatic hydroxyl groups is 1. The van der Waals surface area contributed by atoms with Crippen molar-refractivity contribution < 1.29 is 44.7 Å². The van der Waals surface area contributed by atoms with Crippen LogP contribution in [0.2, 0.25) is 0 Å². The van der Waals surface area contributed by atoms with Crippen LogP contribution in [0.25, 0.3) is 5.69 Å². The summed E-state index contributed by atoms with van der Waals surface area (Å²) in [5.41, 5.74) is 1.08. The van der Waals surface area contributed by atoms with Gasteiger partial charge in [0, 0.05) is 13.1 Å². The molecule has 2 heterocycles. The molecule has 2 rings (SSSR count). The lowest BCUT2D eigenvalue weighted by molar-refractivity contribution is -0.144. The Labute approximate surface area is 186 Å². The fraction of sp³-hybridized carbons (Fsp3) is 0.389. The summed E-state index contributed by atoms with van der Waals surface area (Å²) in [6.45, 7) is -3.03. The van der Waals surface area contributed by atoms with Crippen molar-refractivity contribution in [2.75, 3.05) is 26.2 Å². The summed E-state index contributed by atoms with van der Waals surface area (Å²) < 4.78 is 1.29. The molecule has 0 aliphatic rings. The smallest absolute Gasteiger partial charge is 0.317 e. The van der Waals surface area contributed by atoms with E-state index in [-0.39, 0.29) is 36.8 Å². The van der Waals surface area contributed by atoms with Crippen LogP contribution in [0.3, 0.4) is 0 Å². The number of hydrogen-bond acceptors (Lipinski definition) is 10. The molecule has 0 radical (unpaired) electrons. The van der Waals surface area contributed by atoms with E-state index in [1.807, 2.05) is 0 Å². The van der Waals surface area contributed by atoms with Crippen LogP contribution in [0.4, 0.5) is 0 Å². The summed E-state index contributed by atoms with van der Waals surface area (Å²) >= 11 is 0. The predicted octanol–water partition coefficient (Wildman–Crippen LogP) is -1.90. The summed E-state index contributed by atoms with van der Waals surface area (Å²) in [6.07, 6.45) is 1.42. The van der Waals surface area contributed by atoms with E-state index in [0.29, 0.717) is 5.69 Å². The predicted molar refractivity (Wildman–Crippen MR) is 106 cm³/mol. The van der Waals surface area contributed by atoms with Gasteiger partial charge in [0.2, 0.25) is 0 Å². The molecule has 0 saturated carbocycles. The molecule has 15 nitrogen and oxygen atoms in total. The first-order valence-corrected chi connectivity index (χ1v) is 9.40. The van der Waals surface area contributed by atoms with E-state index in [1.54, 1.807) is 0 Å². The Bertz CT molecular complexity index is 936. The number of rotatable bonds is 14. The SMILES string of the molecule is O=C(O)CN(CC(=O)O)Cc1cc(-n2cc(CO)nn2)cc(CN(CC(=O)O)CC(=O)O)n1. The number of carboxylic acids is 4. The van der Waals surface area contributed by atoms with Crippen LogP contribution in [0, 0.1) is 0 Å². The molecule has 178 valence electrons. The average molecular weight is 466 g/mol. The Hall–Kier alpha value is -3.95. The van der Waals surface area contributed by atoms with Crippen LogP contribution >= 0.6 is 0 Å². The number of nitrogens with zero attached hydrogens (tertiary/aromatic N) is 6. The Kier molecular flexibility index (Phi) is 8.90. The van der Waals surface area contributed by atoms with Crippen molar-refractivity contribution in [1.82, 2.24) is 29.8 Å². The fourth-order valence-electron chi connectivity index (χ4n) is 2.98. The zero-order valence-corrected chi connectivity index (χ0v) is 17.2. The molecule has 2 aromatic rings. The Balaban J connectivity index is 2.43. The normalized spacial score (nSPS) is 11.1. The Morgan fingerprint density at radius 3 is 1.52 bits per heavy atom. The molecule has 0 aliphatic carbocycles. The van der Waals surface area contributed by atoms with Crippen LogP contribution in [0.5, 0.6) is 0 Å². The number of aromatic nitrogens is 4. The highest BCUT2D eigenvalue weighted by molar-refractivity contribution is 5.73. The third kappa shape index (κ3) is 8.60. The largest absolute Gasteiger partial charge is 0.480 e. The van der Waals surface area contributed by atoms with E-state index >= 15 is 0 Å². The number of hydrogen-bond donors (Lipinski definition) is 5. The van der Waals surface area contributed by atoms with Crippen LogP contribution in [0.1, 0.15) is 17.1 Å². The lowest BCUT2D eigenvalue weighted by atomic mass is 10.2. The van der Waals surface area contributed by atoms with Crippen molar-refractivity contribution >= 4 is 23.9 Å². The molecular formula is C18H22N6O9. The third-order valence-corrected chi connectivity index (χ3v) is 4.09. The molecule has 2 aromatic heterocycles. The molecule has 0 unspecified atom stereocenters. The van der Waals surface area contributed by atoms with Gasteiger partial charge in [0.1, 0.15) is 5.69 Å². The summed E-state index contributed by atoms with van der Waals surface area (Å²) in [6, 6.07) is 2.99. The van der Waals surface area contributed by atoms with Gasteiger partial charge in [-0.15, -0.1) is 5.10 Å². The minimum atomic E-state index is -1.24. The molecule has 5 N–H and O–H groups in total. The molecule has 0 bridgehead atoms. The minimum absolute atomic E-state index is 0.182. The van der Waals surface area contributed by atoms with Gasteiger partial charge < -0.3 is 25.5 Å². The Morgan fingerprint density at radius 2 is 1.18 bits per heavy atom.